The highest BCUT2D eigenvalue weighted by molar-refractivity contribution is 14.0. The maximum absolute atomic E-state index is 11.6. The molecule has 6 heteroatoms. The minimum atomic E-state index is 0. The number of hydrogen-bond acceptors (Lipinski definition) is 2. The Balaban J connectivity index is 0.00000200. The fraction of sp³-hybridized carbons (Fsp3) is 0.857. The van der Waals surface area contributed by atoms with E-state index in [0.717, 1.165) is 37.9 Å². The molecule has 2 N–H and O–H groups in total. The molecule has 0 aromatic carbocycles. The van der Waals surface area contributed by atoms with Crippen LogP contribution in [0, 0.1) is 5.92 Å². The first-order chi connectivity index (χ1) is 9.22. The number of carbonyl (C=O) groups excluding carboxylic acids is 1. The average Bonchev–Trinajstić information content (AvgIpc) is 3.13. The van der Waals surface area contributed by atoms with Crippen molar-refractivity contribution in [2.24, 2.45) is 10.9 Å². The van der Waals surface area contributed by atoms with Crippen molar-refractivity contribution in [3.05, 3.63) is 0 Å². The molecule has 1 heterocycles. The highest BCUT2D eigenvalue weighted by atomic mass is 127. The first kappa shape index (κ1) is 17.5. The molecule has 2 fully saturated rings. The van der Waals surface area contributed by atoms with Gasteiger partial charge in [-0.05, 0) is 18.8 Å². The van der Waals surface area contributed by atoms with Gasteiger partial charge in [0.1, 0.15) is 0 Å². The van der Waals surface area contributed by atoms with Crippen LogP contribution in [-0.2, 0) is 4.79 Å². The van der Waals surface area contributed by atoms with E-state index >= 15 is 0 Å². The number of nitrogens with one attached hydrogen (secondary N) is 2. The molecule has 0 aromatic rings. The van der Waals surface area contributed by atoms with Crippen LogP contribution in [0.2, 0.25) is 0 Å². The van der Waals surface area contributed by atoms with Gasteiger partial charge in [-0.25, -0.2) is 0 Å². The topological polar surface area (TPSA) is 56.7 Å². The van der Waals surface area contributed by atoms with Gasteiger partial charge in [0.05, 0.1) is 0 Å². The van der Waals surface area contributed by atoms with Crippen LogP contribution in [0.1, 0.15) is 39.0 Å². The van der Waals surface area contributed by atoms with Crippen molar-refractivity contribution in [2.75, 3.05) is 26.7 Å². The van der Waals surface area contributed by atoms with E-state index in [9.17, 15) is 4.79 Å². The van der Waals surface area contributed by atoms with Crippen molar-refractivity contribution in [1.82, 2.24) is 15.5 Å². The standard InChI is InChI=1S/C14H26N4O.HI/c1-3-13(19)18-9-7-12(10-18)17-14(15-2)16-8-6-11-4-5-11;/h11-12H,3-10H2,1-2H3,(H2,15,16,17);1H. The lowest BCUT2D eigenvalue weighted by atomic mass is 10.2. The van der Waals surface area contributed by atoms with Crippen LogP contribution in [0.5, 0.6) is 0 Å². The zero-order valence-corrected chi connectivity index (χ0v) is 14.9. The lowest BCUT2D eigenvalue weighted by Gasteiger charge is -2.18. The molecule has 1 saturated heterocycles. The highest BCUT2D eigenvalue weighted by Crippen LogP contribution is 2.31. The van der Waals surface area contributed by atoms with E-state index < -0.39 is 0 Å². The second-order valence-corrected chi connectivity index (χ2v) is 5.55. The first-order valence-electron chi connectivity index (χ1n) is 7.48. The lowest BCUT2D eigenvalue weighted by Crippen LogP contribution is -2.45. The van der Waals surface area contributed by atoms with E-state index in [2.05, 4.69) is 15.6 Å². The third-order valence-electron chi connectivity index (χ3n) is 3.95. The second-order valence-electron chi connectivity index (χ2n) is 5.55. The fourth-order valence-corrected chi connectivity index (χ4v) is 2.52. The van der Waals surface area contributed by atoms with Crippen molar-refractivity contribution >= 4 is 35.8 Å². The summed E-state index contributed by atoms with van der Waals surface area (Å²) >= 11 is 0. The van der Waals surface area contributed by atoms with E-state index in [-0.39, 0.29) is 29.9 Å². The van der Waals surface area contributed by atoms with E-state index in [1.165, 1.54) is 19.3 Å². The number of likely N-dealkylation sites (tertiary alicyclic amines) is 1. The van der Waals surface area contributed by atoms with Gasteiger partial charge < -0.3 is 15.5 Å². The summed E-state index contributed by atoms with van der Waals surface area (Å²) in [6.45, 7) is 4.58. The van der Waals surface area contributed by atoms with Crippen molar-refractivity contribution in [1.29, 1.82) is 0 Å². The van der Waals surface area contributed by atoms with Crippen LogP contribution in [-0.4, -0.2) is 49.5 Å². The van der Waals surface area contributed by atoms with Crippen molar-refractivity contribution in [3.63, 3.8) is 0 Å². The smallest absolute Gasteiger partial charge is 0.222 e. The molecule has 5 nitrogen and oxygen atoms in total. The third kappa shape index (κ3) is 5.46. The van der Waals surface area contributed by atoms with Gasteiger partial charge in [0.2, 0.25) is 5.91 Å². The van der Waals surface area contributed by atoms with Gasteiger partial charge in [-0.15, -0.1) is 24.0 Å². The summed E-state index contributed by atoms with van der Waals surface area (Å²) in [5.41, 5.74) is 0. The Bertz CT molecular complexity index is 344. The number of nitrogens with zero attached hydrogens (tertiary/aromatic N) is 2. The summed E-state index contributed by atoms with van der Waals surface area (Å²) in [6, 6.07) is 0.336. The van der Waals surface area contributed by atoms with Crippen LogP contribution >= 0.6 is 24.0 Å². The number of carbonyl (C=O) groups is 1. The number of rotatable bonds is 5. The summed E-state index contributed by atoms with van der Waals surface area (Å²) in [5.74, 6) is 2.06. The number of aliphatic imine (C=N–C) groups is 1. The summed E-state index contributed by atoms with van der Waals surface area (Å²) in [4.78, 5) is 17.8. The number of halogens is 1. The van der Waals surface area contributed by atoms with Crippen molar-refractivity contribution in [2.45, 2.75) is 45.1 Å². The molecule has 20 heavy (non-hydrogen) atoms. The van der Waals surface area contributed by atoms with E-state index in [1.54, 1.807) is 7.05 Å². The molecule has 0 spiro atoms. The largest absolute Gasteiger partial charge is 0.356 e. The lowest BCUT2D eigenvalue weighted by molar-refractivity contribution is -0.129. The van der Waals surface area contributed by atoms with Crippen LogP contribution in [0.25, 0.3) is 0 Å². The summed E-state index contributed by atoms with van der Waals surface area (Å²) in [5, 5.41) is 6.77. The number of guanidine groups is 1. The molecule has 1 aliphatic carbocycles. The zero-order valence-electron chi connectivity index (χ0n) is 12.5. The molecule has 0 aromatic heterocycles. The molecule has 1 amide bonds. The molecule has 1 aliphatic heterocycles. The summed E-state index contributed by atoms with van der Waals surface area (Å²) in [7, 11) is 1.80. The monoisotopic (exact) mass is 394 g/mol. The first-order valence-corrected chi connectivity index (χ1v) is 7.48. The maximum atomic E-state index is 11.6. The minimum Gasteiger partial charge on any atom is -0.356 e. The number of amides is 1. The van der Waals surface area contributed by atoms with Gasteiger partial charge in [-0.2, -0.15) is 0 Å². The molecule has 116 valence electrons. The van der Waals surface area contributed by atoms with Gasteiger partial charge in [0, 0.05) is 39.1 Å². The molecule has 0 bridgehead atoms. The van der Waals surface area contributed by atoms with Crippen LogP contribution in [0.4, 0.5) is 0 Å². The molecule has 1 saturated carbocycles. The van der Waals surface area contributed by atoms with Gasteiger partial charge in [-0.3, -0.25) is 9.79 Å². The van der Waals surface area contributed by atoms with Gasteiger partial charge in [0.15, 0.2) is 5.96 Å². The Labute approximate surface area is 139 Å². The summed E-state index contributed by atoms with van der Waals surface area (Å²) in [6.07, 6.45) is 5.64. The van der Waals surface area contributed by atoms with Gasteiger partial charge in [-0.1, -0.05) is 19.8 Å². The van der Waals surface area contributed by atoms with Crippen molar-refractivity contribution in [3.8, 4) is 0 Å². The number of hydrogen-bond donors (Lipinski definition) is 2. The van der Waals surface area contributed by atoms with Crippen LogP contribution in [0.3, 0.4) is 0 Å². The highest BCUT2D eigenvalue weighted by Gasteiger charge is 2.26. The third-order valence-corrected chi connectivity index (χ3v) is 3.95. The van der Waals surface area contributed by atoms with Crippen LogP contribution < -0.4 is 10.6 Å². The predicted octanol–water partition coefficient (Wildman–Crippen LogP) is 1.58. The normalized spacial score (nSPS) is 22.4. The Kier molecular flexibility index (Phi) is 7.61. The predicted molar refractivity (Wildman–Crippen MR) is 92.5 cm³/mol. The molecule has 1 unspecified atom stereocenters. The van der Waals surface area contributed by atoms with Crippen LogP contribution in [0.15, 0.2) is 4.99 Å². The SMILES string of the molecule is CCC(=O)N1CCC(NC(=NC)NCCC2CC2)C1.I. The van der Waals surface area contributed by atoms with Crippen molar-refractivity contribution < 1.29 is 4.79 Å². The molecular formula is C14H27IN4O. The summed E-state index contributed by atoms with van der Waals surface area (Å²) < 4.78 is 0. The van der Waals surface area contributed by atoms with E-state index in [4.69, 9.17) is 0 Å². The van der Waals surface area contributed by atoms with Gasteiger partial charge >= 0.3 is 0 Å². The Hall–Kier alpha value is -0.530. The zero-order chi connectivity index (χ0) is 13.7. The molecule has 1 atom stereocenters. The minimum absolute atomic E-state index is 0. The molecule has 2 rings (SSSR count). The Morgan fingerprint density at radius 1 is 1.35 bits per heavy atom. The fourth-order valence-electron chi connectivity index (χ4n) is 2.52. The maximum Gasteiger partial charge on any atom is 0.222 e. The van der Waals surface area contributed by atoms with E-state index in [0.29, 0.717) is 12.5 Å². The molecular weight excluding hydrogens is 367 g/mol. The Morgan fingerprint density at radius 3 is 2.70 bits per heavy atom. The second kappa shape index (κ2) is 8.69. The van der Waals surface area contributed by atoms with E-state index in [1.807, 2.05) is 11.8 Å². The Morgan fingerprint density at radius 2 is 2.10 bits per heavy atom. The quantitative estimate of drug-likeness (QED) is 0.423. The molecule has 0 radical (unpaired) electrons. The van der Waals surface area contributed by atoms with Gasteiger partial charge in [0.25, 0.3) is 0 Å². The average molecular weight is 394 g/mol. The molecule has 2 aliphatic rings.